The van der Waals surface area contributed by atoms with Gasteiger partial charge in [-0.25, -0.2) is 0 Å². The summed E-state index contributed by atoms with van der Waals surface area (Å²) in [7, 11) is 0. The Kier molecular flexibility index (Phi) is 7.78. The number of pyridine rings is 1. The van der Waals surface area contributed by atoms with E-state index in [0.29, 0.717) is 12.3 Å². The topological polar surface area (TPSA) is 80.0 Å². The van der Waals surface area contributed by atoms with Gasteiger partial charge in [0.25, 0.3) is 0 Å². The Hall–Kier alpha value is -2.24. The predicted molar refractivity (Wildman–Crippen MR) is 117 cm³/mol. The van der Waals surface area contributed by atoms with Gasteiger partial charge < -0.3 is 11.1 Å². The molecule has 1 atom stereocenters. The summed E-state index contributed by atoms with van der Waals surface area (Å²) in [6.07, 6.45) is 9.34. The zero-order chi connectivity index (χ0) is 20.5. The van der Waals surface area contributed by atoms with Gasteiger partial charge in [0.15, 0.2) is 0 Å². The molecule has 1 amide bonds. The summed E-state index contributed by atoms with van der Waals surface area (Å²) in [5, 5.41) is 7.05. The molecule has 5 heteroatoms. The number of aromatic nitrogens is 1. The molecule has 1 unspecified atom stereocenters. The standard InChI is InChI=1S/C24H34N4O/c1-2-21-5-3-4-6-22(21)24(23(25)29,13-7-19-8-14-26-15-9-19)28-18-12-20-10-16-27-17-11-20/h3-6,8-9,14-15,20,27-28H,2,7,10-13,16-18H2,1H3,(H2,25,29). The molecule has 5 nitrogen and oxygen atoms in total. The van der Waals surface area contributed by atoms with Gasteiger partial charge in [-0.1, -0.05) is 31.2 Å². The highest BCUT2D eigenvalue weighted by Crippen LogP contribution is 2.31. The first-order valence-corrected chi connectivity index (χ1v) is 10.9. The second-order valence-corrected chi connectivity index (χ2v) is 8.04. The fourth-order valence-electron chi connectivity index (χ4n) is 4.45. The number of primary amides is 1. The van der Waals surface area contributed by atoms with Crippen LogP contribution in [0, 0.1) is 5.92 Å². The molecule has 2 heterocycles. The molecule has 0 aliphatic carbocycles. The van der Waals surface area contributed by atoms with Gasteiger partial charge in [0.2, 0.25) is 5.91 Å². The number of amides is 1. The average molecular weight is 395 g/mol. The van der Waals surface area contributed by atoms with E-state index in [9.17, 15) is 4.79 Å². The van der Waals surface area contributed by atoms with E-state index in [1.54, 1.807) is 12.4 Å². The van der Waals surface area contributed by atoms with E-state index in [-0.39, 0.29) is 5.91 Å². The lowest BCUT2D eigenvalue weighted by Gasteiger charge is -2.35. The van der Waals surface area contributed by atoms with Gasteiger partial charge in [-0.15, -0.1) is 0 Å². The van der Waals surface area contributed by atoms with Crippen LogP contribution >= 0.6 is 0 Å². The van der Waals surface area contributed by atoms with Crippen molar-refractivity contribution in [2.24, 2.45) is 11.7 Å². The summed E-state index contributed by atoms with van der Waals surface area (Å²) in [6, 6.07) is 12.2. The van der Waals surface area contributed by atoms with Gasteiger partial charge in [-0.05, 0) is 92.9 Å². The molecule has 1 aromatic heterocycles. The Labute approximate surface area is 174 Å². The SMILES string of the molecule is CCc1ccccc1C(CCc1ccncc1)(NCCC1CCNCC1)C(N)=O. The van der Waals surface area contributed by atoms with Crippen LogP contribution in [0.2, 0.25) is 0 Å². The number of nitrogens with zero attached hydrogens (tertiary/aromatic N) is 1. The molecule has 4 N–H and O–H groups in total. The van der Waals surface area contributed by atoms with Crippen molar-refractivity contribution < 1.29 is 4.79 Å². The number of carbonyl (C=O) groups excluding carboxylic acids is 1. The van der Waals surface area contributed by atoms with E-state index in [2.05, 4.69) is 34.7 Å². The summed E-state index contributed by atoms with van der Waals surface area (Å²) in [4.78, 5) is 17.0. The first-order valence-electron chi connectivity index (χ1n) is 10.9. The van der Waals surface area contributed by atoms with Crippen LogP contribution in [0.3, 0.4) is 0 Å². The first kappa shape index (κ1) is 21.5. The quantitative estimate of drug-likeness (QED) is 0.579. The number of nitrogens with one attached hydrogen (secondary N) is 2. The number of nitrogens with two attached hydrogens (primary N) is 1. The van der Waals surface area contributed by atoms with Gasteiger partial charge >= 0.3 is 0 Å². The third-order valence-electron chi connectivity index (χ3n) is 6.25. The summed E-state index contributed by atoms with van der Waals surface area (Å²) in [5.41, 5.74) is 8.59. The molecule has 1 aliphatic rings. The summed E-state index contributed by atoms with van der Waals surface area (Å²) >= 11 is 0. The number of hydrogen-bond acceptors (Lipinski definition) is 4. The van der Waals surface area contributed by atoms with Crippen molar-refractivity contribution in [3.8, 4) is 0 Å². The van der Waals surface area contributed by atoms with E-state index in [0.717, 1.165) is 44.5 Å². The van der Waals surface area contributed by atoms with Crippen LogP contribution in [0.5, 0.6) is 0 Å². The Morgan fingerprint density at radius 1 is 1.21 bits per heavy atom. The Balaban J connectivity index is 1.83. The molecular weight excluding hydrogens is 360 g/mol. The highest BCUT2D eigenvalue weighted by Gasteiger charge is 2.39. The van der Waals surface area contributed by atoms with Crippen LogP contribution < -0.4 is 16.4 Å². The Bertz CT molecular complexity index is 773. The van der Waals surface area contributed by atoms with Crippen LogP contribution in [0.4, 0.5) is 0 Å². The number of benzene rings is 1. The van der Waals surface area contributed by atoms with Crippen molar-refractivity contribution in [1.82, 2.24) is 15.6 Å². The number of aryl methyl sites for hydroxylation is 2. The molecular formula is C24H34N4O. The summed E-state index contributed by atoms with van der Waals surface area (Å²) < 4.78 is 0. The molecule has 2 aromatic rings. The first-order chi connectivity index (χ1) is 14.2. The van der Waals surface area contributed by atoms with E-state index in [1.807, 2.05) is 24.3 Å². The fourth-order valence-corrected chi connectivity index (χ4v) is 4.45. The predicted octanol–water partition coefficient (Wildman–Crippen LogP) is 2.94. The minimum atomic E-state index is -0.858. The molecule has 0 radical (unpaired) electrons. The second-order valence-electron chi connectivity index (χ2n) is 8.04. The van der Waals surface area contributed by atoms with Gasteiger partial charge in [0.05, 0.1) is 0 Å². The van der Waals surface area contributed by atoms with Gasteiger partial charge in [-0.3, -0.25) is 15.1 Å². The van der Waals surface area contributed by atoms with Gasteiger partial charge in [-0.2, -0.15) is 0 Å². The van der Waals surface area contributed by atoms with Crippen LogP contribution in [-0.4, -0.2) is 30.5 Å². The van der Waals surface area contributed by atoms with Crippen molar-refractivity contribution in [2.75, 3.05) is 19.6 Å². The fraction of sp³-hybridized carbons (Fsp3) is 0.500. The van der Waals surface area contributed by atoms with Crippen LogP contribution in [0.15, 0.2) is 48.8 Å². The molecule has 29 heavy (non-hydrogen) atoms. The van der Waals surface area contributed by atoms with Gasteiger partial charge in [0, 0.05) is 12.4 Å². The maximum absolute atomic E-state index is 12.9. The molecule has 1 fully saturated rings. The van der Waals surface area contributed by atoms with Crippen molar-refractivity contribution in [3.05, 3.63) is 65.5 Å². The molecule has 156 valence electrons. The van der Waals surface area contributed by atoms with Crippen molar-refractivity contribution in [3.63, 3.8) is 0 Å². The molecule has 1 saturated heterocycles. The highest BCUT2D eigenvalue weighted by atomic mass is 16.1. The monoisotopic (exact) mass is 394 g/mol. The number of carbonyl (C=O) groups is 1. The average Bonchev–Trinajstić information content (AvgIpc) is 2.77. The van der Waals surface area contributed by atoms with E-state index in [1.165, 1.54) is 24.0 Å². The minimum absolute atomic E-state index is 0.294. The van der Waals surface area contributed by atoms with Crippen molar-refractivity contribution in [2.45, 2.75) is 51.0 Å². The molecule has 3 rings (SSSR count). The van der Waals surface area contributed by atoms with Crippen LogP contribution in [0.1, 0.15) is 49.3 Å². The Morgan fingerprint density at radius 2 is 1.93 bits per heavy atom. The molecule has 1 aromatic carbocycles. The van der Waals surface area contributed by atoms with Crippen molar-refractivity contribution >= 4 is 5.91 Å². The third kappa shape index (κ3) is 5.43. The highest BCUT2D eigenvalue weighted by molar-refractivity contribution is 5.86. The lowest BCUT2D eigenvalue weighted by molar-refractivity contribution is -0.125. The summed E-state index contributed by atoms with van der Waals surface area (Å²) in [5.74, 6) is 0.411. The van der Waals surface area contributed by atoms with E-state index >= 15 is 0 Å². The van der Waals surface area contributed by atoms with Gasteiger partial charge in [0.1, 0.15) is 5.54 Å². The van der Waals surface area contributed by atoms with E-state index in [4.69, 9.17) is 5.73 Å². The number of piperidine rings is 1. The maximum atomic E-state index is 12.9. The zero-order valence-corrected chi connectivity index (χ0v) is 17.5. The smallest absolute Gasteiger partial charge is 0.242 e. The number of hydrogen-bond donors (Lipinski definition) is 3. The van der Waals surface area contributed by atoms with Crippen molar-refractivity contribution in [1.29, 1.82) is 0 Å². The summed E-state index contributed by atoms with van der Waals surface area (Å²) in [6.45, 7) is 5.10. The second kappa shape index (κ2) is 10.5. The largest absolute Gasteiger partial charge is 0.368 e. The third-order valence-corrected chi connectivity index (χ3v) is 6.25. The zero-order valence-electron chi connectivity index (χ0n) is 17.5. The normalized spacial score (nSPS) is 17.0. The van der Waals surface area contributed by atoms with Crippen LogP contribution in [0.25, 0.3) is 0 Å². The minimum Gasteiger partial charge on any atom is -0.368 e. The lowest BCUT2D eigenvalue weighted by Crippen LogP contribution is -2.54. The maximum Gasteiger partial charge on any atom is 0.242 e. The van der Waals surface area contributed by atoms with E-state index < -0.39 is 5.54 Å². The lowest BCUT2D eigenvalue weighted by atomic mass is 9.80. The Morgan fingerprint density at radius 3 is 2.62 bits per heavy atom. The molecule has 0 bridgehead atoms. The molecule has 0 saturated carbocycles. The molecule has 0 spiro atoms. The number of rotatable bonds is 10. The van der Waals surface area contributed by atoms with Crippen LogP contribution in [-0.2, 0) is 23.2 Å². The molecule has 1 aliphatic heterocycles.